The lowest BCUT2D eigenvalue weighted by atomic mass is 10.1. The average molecular weight is 585 g/mol. The first-order valence-corrected chi connectivity index (χ1v) is 14.3. The van der Waals surface area contributed by atoms with Crippen molar-refractivity contribution in [1.82, 2.24) is 14.5 Å². The molecular weight excluding hydrogens is 551 g/mol. The second-order valence-electron chi connectivity index (χ2n) is 9.71. The zero-order chi connectivity index (χ0) is 29.8. The number of hydrogen-bond donors (Lipinski definition) is 3. The lowest BCUT2D eigenvalue weighted by Crippen LogP contribution is -2.26. The van der Waals surface area contributed by atoms with Gasteiger partial charge in [0.15, 0.2) is 11.6 Å². The monoisotopic (exact) mass is 584 g/mol. The minimum atomic E-state index is -3.67. The van der Waals surface area contributed by atoms with Crippen molar-refractivity contribution in [3.8, 4) is 0 Å². The van der Waals surface area contributed by atoms with Gasteiger partial charge in [-0.1, -0.05) is 5.16 Å². The van der Waals surface area contributed by atoms with Gasteiger partial charge in [0, 0.05) is 51.3 Å². The van der Waals surface area contributed by atoms with Crippen molar-refractivity contribution >= 4 is 44.6 Å². The molecule has 0 radical (unpaired) electrons. The molecule has 220 valence electrons. The number of carboxylic acid groups (broad SMARTS) is 1. The summed E-state index contributed by atoms with van der Waals surface area (Å²) in [7, 11) is -0.387. The summed E-state index contributed by atoms with van der Waals surface area (Å²) in [5, 5.41) is 13.2. The Labute approximate surface area is 229 Å². The van der Waals surface area contributed by atoms with Crippen molar-refractivity contribution in [3.63, 3.8) is 0 Å². The largest absolute Gasteiger partial charge is 0.477 e. The summed E-state index contributed by atoms with van der Waals surface area (Å²) in [5.41, 5.74) is 5.65. The van der Waals surface area contributed by atoms with E-state index in [2.05, 4.69) is 10.1 Å². The summed E-state index contributed by atoms with van der Waals surface area (Å²) in [6, 6.07) is 1.14. The van der Waals surface area contributed by atoms with Gasteiger partial charge in [0.1, 0.15) is 18.3 Å². The number of carboxylic acids is 1. The number of pyridine rings is 2. The number of aromatic nitrogens is 2. The number of nitrogens with two attached hydrogens (primary N) is 1. The van der Waals surface area contributed by atoms with Crippen LogP contribution in [-0.4, -0.2) is 96.7 Å². The summed E-state index contributed by atoms with van der Waals surface area (Å²) in [4.78, 5) is 47.2. The Bertz CT molecular complexity index is 1470. The maximum atomic E-state index is 14.9. The SMILES string of the molecule is CN1CCCC1=O.CO/N=C1\CN(c2nc3c(cc2F)c(=O)c(C(=O)O)cn3C2CC2)CC1CN.CS(=O)(=O)O. The number of carbonyl (C=O) groups excluding carboxylic acids is 1. The van der Waals surface area contributed by atoms with E-state index in [1.54, 1.807) is 14.4 Å². The van der Waals surface area contributed by atoms with E-state index in [-0.39, 0.29) is 34.4 Å². The predicted octanol–water partition coefficient (Wildman–Crippen LogP) is 0.709. The van der Waals surface area contributed by atoms with Crippen LogP contribution in [0.2, 0.25) is 0 Å². The van der Waals surface area contributed by atoms with E-state index in [0.717, 1.165) is 38.3 Å². The van der Waals surface area contributed by atoms with Crippen LogP contribution in [0.3, 0.4) is 0 Å². The quantitative estimate of drug-likeness (QED) is 0.330. The Morgan fingerprint density at radius 2 is 1.98 bits per heavy atom. The fourth-order valence-electron chi connectivity index (χ4n) is 4.38. The number of anilines is 1. The van der Waals surface area contributed by atoms with Crippen molar-refractivity contribution in [2.75, 3.05) is 51.5 Å². The Morgan fingerprint density at radius 1 is 1.32 bits per heavy atom. The number of carbonyl (C=O) groups is 2. The normalized spacial score (nSPS) is 19.8. The number of oxime groups is 1. The Balaban J connectivity index is 0.000000306. The smallest absolute Gasteiger partial charge is 0.341 e. The standard InChI is InChI=1S/C18H20FN5O4.C5H9NO.CH4O3S/c1-28-22-14-8-23(6-9(14)5-20)17-13(19)4-11-15(25)12(18(26)27)7-24(10-2-3-10)16(11)21-17;1-6-4-2-3-5(6)7;1-5(2,3)4/h4,7,9-10H,2-3,5-6,8,20H2,1H3,(H,26,27);2-4H2,1H3;1H3,(H,2,3,4)/b22-14+;;. The van der Waals surface area contributed by atoms with Crippen molar-refractivity contribution in [3.05, 3.63) is 33.9 Å². The fourth-order valence-corrected chi connectivity index (χ4v) is 4.38. The molecule has 2 saturated heterocycles. The van der Waals surface area contributed by atoms with Gasteiger partial charge >= 0.3 is 5.97 Å². The zero-order valence-electron chi connectivity index (χ0n) is 22.4. The van der Waals surface area contributed by atoms with E-state index in [4.69, 9.17) is 15.1 Å². The number of likely N-dealkylation sites (tertiary alicyclic amines) is 1. The minimum Gasteiger partial charge on any atom is -0.477 e. The van der Waals surface area contributed by atoms with Crippen LogP contribution in [0.5, 0.6) is 0 Å². The average Bonchev–Trinajstić information content (AvgIpc) is 3.53. The molecular formula is C24H33FN6O8S. The molecule has 40 heavy (non-hydrogen) atoms. The van der Waals surface area contributed by atoms with Crippen LogP contribution in [0.4, 0.5) is 10.2 Å². The first-order chi connectivity index (χ1) is 18.7. The van der Waals surface area contributed by atoms with Gasteiger partial charge in [0.25, 0.3) is 10.1 Å². The highest BCUT2D eigenvalue weighted by atomic mass is 32.2. The molecule has 0 aromatic carbocycles. The van der Waals surface area contributed by atoms with Crippen molar-refractivity contribution in [1.29, 1.82) is 0 Å². The molecule has 4 heterocycles. The second-order valence-corrected chi connectivity index (χ2v) is 11.2. The summed E-state index contributed by atoms with van der Waals surface area (Å²) in [5.74, 6) is -1.73. The molecule has 1 atom stereocenters. The van der Waals surface area contributed by atoms with Gasteiger partial charge in [-0.15, -0.1) is 0 Å². The number of aromatic carboxylic acids is 1. The summed E-state index contributed by atoms with van der Waals surface area (Å²) in [6.45, 7) is 2.03. The highest BCUT2D eigenvalue weighted by molar-refractivity contribution is 7.85. The molecule has 4 N–H and O–H groups in total. The third-order valence-electron chi connectivity index (χ3n) is 6.48. The molecule has 3 aliphatic rings. The Hall–Kier alpha value is -3.63. The van der Waals surface area contributed by atoms with Gasteiger partial charge in [-0.3, -0.25) is 14.1 Å². The van der Waals surface area contributed by atoms with E-state index in [9.17, 15) is 32.3 Å². The van der Waals surface area contributed by atoms with Crippen molar-refractivity contribution < 1.29 is 36.9 Å². The molecule has 1 amide bonds. The molecule has 2 aromatic rings. The van der Waals surface area contributed by atoms with Crippen LogP contribution in [0, 0.1) is 11.7 Å². The lowest BCUT2D eigenvalue weighted by molar-refractivity contribution is -0.126. The van der Waals surface area contributed by atoms with Gasteiger partial charge in [0.2, 0.25) is 11.3 Å². The second kappa shape index (κ2) is 12.7. The number of hydrogen-bond acceptors (Lipinski definition) is 10. The molecule has 1 saturated carbocycles. The van der Waals surface area contributed by atoms with Crippen LogP contribution in [0.25, 0.3) is 11.0 Å². The topological polar surface area (TPSA) is 198 Å². The number of halogens is 1. The molecule has 2 aliphatic heterocycles. The first kappa shape index (κ1) is 30.9. The molecule has 1 aliphatic carbocycles. The van der Waals surface area contributed by atoms with Gasteiger partial charge in [0.05, 0.1) is 23.9 Å². The molecule has 5 rings (SSSR count). The van der Waals surface area contributed by atoms with Crippen LogP contribution in [0.1, 0.15) is 42.1 Å². The third kappa shape index (κ3) is 7.73. The molecule has 16 heteroatoms. The Kier molecular flexibility index (Phi) is 9.81. The number of rotatable bonds is 5. The van der Waals surface area contributed by atoms with Gasteiger partial charge in [-0.05, 0) is 25.3 Å². The van der Waals surface area contributed by atoms with E-state index in [1.165, 1.54) is 13.3 Å². The van der Waals surface area contributed by atoms with Crippen LogP contribution in [0.15, 0.2) is 22.2 Å². The van der Waals surface area contributed by atoms with E-state index < -0.39 is 27.3 Å². The van der Waals surface area contributed by atoms with Gasteiger partial charge in [-0.2, -0.15) is 8.42 Å². The zero-order valence-corrected chi connectivity index (χ0v) is 23.2. The van der Waals surface area contributed by atoms with Crippen molar-refractivity contribution in [2.24, 2.45) is 16.8 Å². The minimum absolute atomic E-state index is 0.0339. The Morgan fingerprint density at radius 3 is 2.42 bits per heavy atom. The van der Waals surface area contributed by atoms with Crippen LogP contribution >= 0.6 is 0 Å². The van der Waals surface area contributed by atoms with E-state index in [0.29, 0.717) is 37.5 Å². The van der Waals surface area contributed by atoms with Gasteiger partial charge < -0.3 is 30.0 Å². The molecule has 3 fully saturated rings. The third-order valence-corrected chi connectivity index (χ3v) is 6.48. The molecule has 2 aromatic heterocycles. The molecule has 1 unspecified atom stereocenters. The summed E-state index contributed by atoms with van der Waals surface area (Å²) < 4.78 is 42.4. The van der Waals surface area contributed by atoms with E-state index >= 15 is 0 Å². The number of fused-ring (bicyclic) bond motifs is 1. The highest BCUT2D eigenvalue weighted by Crippen LogP contribution is 2.37. The number of amides is 1. The first-order valence-electron chi connectivity index (χ1n) is 12.4. The fraction of sp³-hybridized carbons (Fsp3) is 0.542. The van der Waals surface area contributed by atoms with E-state index in [1.807, 2.05) is 7.05 Å². The maximum Gasteiger partial charge on any atom is 0.341 e. The van der Waals surface area contributed by atoms with Crippen LogP contribution in [-0.2, 0) is 19.8 Å². The molecule has 14 nitrogen and oxygen atoms in total. The lowest BCUT2D eigenvalue weighted by Gasteiger charge is -2.19. The van der Waals surface area contributed by atoms with Crippen molar-refractivity contribution in [2.45, 2.75) is 31.7 Å². The predicted molar refractivity (Wildman–Crippen MR) is 145 cm³/mol. The summed E-state index contributed by atoms with van der Waals surface area (Å²) in [6.07, 6.45) is 5.55. The molecule has 0 bridgehead atoms. The molecule has 0 spiro atoms. The van der Waals surface area contributed by atoms with Gasteiger partial charge in [-0.25, -0.2) is 14.2 Å². The maximum absolute atomic E-state index is 14.9. The number of nitrogens with zero attached hydrogens (tertiary/aromatic N) is 5. The summed E-state index contributed by atoms with van der Waals surface area (Å²) >= 11 is 0. The van der Waals surface area contributed by atoms with Crippen LogP contribution < -0.4 is 16.1 Å². The highest BCUT2D eigenvalue weighted by Gasteiger charge is 2.33.